The van der Waals surface area contributed by atoms with E-state index in [9.17, 15) is 0 Å². The number of nitrogens with zero attached hydrogens (tertiary/aromatic N) is 3. The zero-order valence-corrected chi connectivity index (χ0v) is 16.8. The Morgan fingerprint density at radius 3 is 2.83 bits per heavy atom. The van der Waals surface area contributed by atoms with E-state index in [1.54, 1.807) is 19.4 Å². The highest BCUT2D eigenvalue weighted by atomic mass is 127. The van der Waals surface area contributed by atoms with Gasteiger partial charge in [-0.25, -0.2) is 9.98 Å². The van der Waals surface area contributed by atoms with Crippen molar-refractivity contribution >= 4 is 29.9 Å². The molecule has 2 heterocycles. The van der Waals surface area contributed by atoms with E-state index in [2.05, 4.69) is 30.8 Å². The van der Waals surface area contributed by atoms with Gasteiger partial charge in [-0.15, -0.1) is 29.1 Å². The minimum atomic E-state index is -0.269. The summed E-state index contributed by atoms with van der Waals surface area (Å²) >= 11 is 0. The van der Waals surface area contributed by atoms with Crippen molar-refractivity contribution in [1.82, 2.24) is 25.8 Å². The van der Waals surface area contributed by atoms with Crippen LogP contribution < -0.4 is 10.6 Å². The van der Waals surface area contributed by atoms with Crippen LogP contribution in [0.5, 0.6) is 0 Å². The average molecular weight is 448 g/mol. The molecule has 3 N–H and O–H groups in total. The standard InChI is InChI=1S/C15H24N6O2.HI/c1-5-16-14(18-10-15(2,3)22-4)17-9-12-19-13(21-20-12)11-7-6-8-23-11;/h6-8H,5,9-10H2,1-4H3,(H2,16,17,18)(H,19,20,21);1H. The van der Waals surface area contributed by atoms with Crippen LogP contribution in [0.15, 0.2) is 27.8 Å². The average Bonchev–Trinajstić information content (AvgIpc) is 3.20. The van der Waals surface area contributed by atoms with E-state index in [0.717, 1.165) is 6.54 Å². The smallest absolute Gasteiger partial charge is 0.216 e. The number of ether oxygens (including phenoxy) is 1. The molecule has 2 aromatic heterocycles. The molecule has 0 fully saturated rings. The number of methoxy groups -OCH3 is 1. The van der Waals surface area contributed by atoms with Gasteiger partial charge in [-0.2, -0.15) is 0 Å². The van der Waals surface area contributed by atoms with Crippen LogP contribution >= 0.6 is 24.0 Å². The normalized spacial score (nSPS) is 11.9. The largest absolute Gasteiger partial charge is 0.461 e. The number of hydrogen-bond donors (Lipinski definition) is 3. The summed E-state index contributed by atoms with van der Waals surface area (Å²) in [5.74, 6) is 2.52. The fourth-order valence-corrected chi connectivity index (χ4v) is 1.75. The van der Waals surface area contributed by atoms with Crippen LogP contribution in [0, 0.1) is 0 Å². The summed E-state index contributed by atoms with van der Waals surface area (Å²) in [7, 11) is 1.69. The fourth-order valence-electron chi connectivity index (χ4n) is 1.75. The predicted molar refractivity (Wildman–Crippen MR) is 103 cm³/mol. The van der Waals surface area contributed by atoms with Crippen molar-refractivity contribution in [3.8, 4) is 11.6 Å². The van der Waals surface area contributed by atoms with E-state index in [0.29, 0.717) is 36.5 Å². The Morgan fingerprint density at radius 2 is 2.21 bits per heavy atom. The molecule has 134 valence electrons. The molecule has 0 unspecified atom stereocenters. The Hall–Kier alpha value is -1.62. The van der Waals surface area contributed by atoms with Gasteiger partial charge in [0.05, 0.1) is 11.9 Å². The third-order valence-corrected chi connectivity index (χ3v) is 3.24. The first kappa shape index (κ1) is 20.4. The SMILES string of the molecule is CCNC(=NCc1nc(-c2ccco2)n[nH]1)NCC(C)(C)OC.I. The minimum Gasteiger partial charge on any atom is -0.461 e. The fraction of sp³-hybridized carbons (Fsp3) is 0.533. The number of aromatic amines is 1. The van der Waals surface area contributed by atoms with Gasteiger partial charge < -0.3 is 19.8 Å². The van der Waals surface area contributed by atoms with Gasteiger partial charge in [-0.05, 0) is 32.9 Å². The summed E-state index contributed by atoms with van der Waals surface area (Å²) in [6.07, 6.45) is 1.59. The van der Waals surface area contributed by atoms with Gasteiger partial charge in [0.1, 0.15) is 12.4 Å². The zero-order valence-electron chi connectivity index (χ0n) is 14.4. The summed E-state index contributed by atoms with van der Waals surface area (Å²) < 4.78 is 10.7. The van der Waals surface area contributed by atoms with Gasteiger partial charge in [-0.3, -0.25) is 5.10 Å². The van der Waals surface area contributed by atoms with Crippen LogP contribution in [-0.2, 0) is 11.3 Å². The molecule has 0 radical (unpaired) electrons. The molecule has 0 spiro atoms. The molecule has 0 aliphatic heterocycles. The first-order valence-corrected chi connectivity index (χ1v) is 7.56. The van der Waals surface area contributed by atoms with Crippen LogP contribution in [0.25, 0.3) is 11.6 Å². The van der Waals surface area contributed by atoms with Crippen molar-refractivity contribution in [1.29, 1.82) is 0 Å². The number of aliphatic imine (C=N–C) groups is 1. The number of guanidine groups is 1. The molecule has 24 heavy (non-hydrogen) atoms. The second-order valence-electron chi connectivity index (χ2n) is 5.60. The van der Waals surface area contributed by atoms with E-state index >= 15 is 0 Å². The summed E-state index contributed by atoms with van der Waals surface area (Å²) in [6, 6.07) is 3.61. The van der Waals surface area contributed by atoms with E-state index < -0.39 is 0 Å². The Morgan fingerprint density at radius 1 is 1.42 bits per heavy atom. The highest BCUT2D eigenvalue weighted by Crippen LogP contribution is 2.14. The van der Waals surface area contributed by atoms with Gasteiger partial charge in [0.25, 0.3) is 0 Å². The van der Waals surface area contributed by atoms with Crippen molar-refractivity contribution in [2.24, 2.45) is 4.99 Å². The molecule has 0 bridgehead atoms. The molecule has 0 atom stereocenters. The lowest BCUT2D eigenvalue weighted by Gasteiger charge is -2.24. The summed E-state index contributed by atoms with van der Waals surface area (Å²) in [5, 5.41) is 13.4. The lowest BCUT2D eigenvalue weighted by Crippen LogP contribution is -2.45. The van der Waals surface area contributed by atoms with Crippen molar-refractivity contribution in [3.05, 3.63) is 24.2 Å². The number of rotatable bonds is 7. The molecule has 0 aliphatic rings. The Balaban J connectivity index is 0.00000288. The number of halogens is 1. The number of aromatic nitrogens is 3. The molecule has 0 saturated carbocycles. The maximum absolute atomic E-state index is 5.39. The maximum atomic E-state index is 5.39. The Bertz CT molecular complexity index is 624. The van der Waals surface area contributed by atoms with Crippen molar-refractivity contribution < 1.29 is 9.15 Å². The summed E-state index contributed by atoms with van der Waals surface area (Å²) in [6.45, 7) is 7.83. The third-order valence-electron chi connectivity index (χ3n) is 3.24. The molecule has 2 rings (SSSR count). The molecular formula is C15H25IN6O2. The van der Waals surface area contributed by atoms with Crippen LogP contribution in [0.4, 0.5) is 0 Å². The van der Waals surface area contributed by atoms with Crippen LogP contribution in [0.2, 0.25) is 0 Å². The highest BCUT2D eigenvalue weighted by molar-refractivity contribution is 14.0. The Labute approximate surface area is 158 Å². The number of H-pyrrole nitrogens is 1. The van der Waals surface area contributed by atoms with Crippen LogP contribution in [-0.4, -0.2) is 46.9 Å². The quantitative estimate of drug-likeness (QED) is 0.341. The van der Waals surface area contributed by atoms with Crippen molar-refractivity contribution in [2.75, 3.05) is 20.2 Å². The van der Waals surface area contributed by atoms with Crippen molar-refractivity contribution in [3.63, 3.8) is 0 Å². The zero-order chi connectivity index (χ0) is 16.7. The number of hydrogen-bond acceptors (Lipinski definition) is 5. The van der Waals surface area contributed by atoms with Gasteiger partial charge >= 0.3 is 0 Å². The predicted octanol–water partition coefficient (Wildman–Crippen LogP) is 2.16. The van der Waals surface area contributed by atoms with Gasteiger partial charge in [0.2, 0.25) is 5.82 Å². The Kier molecular flexibility index (Phi) is 8.19. The molecule has 0 aromatic carbocycles. The van der Waals surface area contributed by atoms with E-state index in [1.165, 1.54) is 0 Å². The first-order chi connectivity index (χ1) is 11.0. The molecule has 0 aliphatic carbocycles. The number of nitrogens with one attached hydrogen (secondary N) is 3. The molecule has 0 amide bonds. The van der Waals surface area contributed by atoms with Crippen LogP contribution in [0.1, 0.15) is 26.6 Å². The first-order valence-electron chi connectivity index (χ1n) is 7.56. The van der Waals surface area contributed by atoms with E-state index in [-0.39, 0.29) is 29.6 Å². The topological polar surface area (TPSA) is 100 Å². The molecular weight excluding hydrogens is 423 g/mol. The molecule has 0 saturated heterocycles. The van der Waals surface area contributed by atoms with E-state index in [1.807, 2.05) is 26.8 Å². The van der Waals surface area contributed by atoms with Crippen LogP contribution in [0.3, 0.4) is 0 Å². The van der Waals surface area contributed by atoms with Gasteiger partial charge in [0.15, 0.2) is 11.7 Å². The monoisotopic (exact) mass is 448 g/mol. The second-order valence-corrected chi connectivity index (χ2v) is 5.60. The summed E-state index contributed by atoms with van der Waals surface area (Å²) in [4.78, 5) is 8.85. The van der Waals surface area contributed by atoms with E-state index in [4.69, 9.17) is 9.15 Å². The second kappa shape index (κ2) is 9.62. The van der Waals surface area contributed by atoms with Gasteiger partial charge in [0, 0.05) is 20.2 Å². The van der Waals surface area contributed by atoms with Crippen molar-refractivity contribution in [2.45, 2.75) is 32.9 Å². The van der Waals surface area contributed by atoms with Gasteiger partial charge in [-0.1, -0.05) is 0 Å². The lowest BCUT2D eigenvalue weighted by atomic mass is 10.1. The molecule has 9 heteroatoms. The molecule has 8 nitrogen and oxygen atoms in total. The third kappa shape index (κ3) is 6.11. The molecule has 2 aromatic rings. The minimum absolute atomic E-state index is 0. The maximum Gasteiger partial charge on any atom is 0.216 e. The number of furan rings is 1. The highest BCUT2D eigenvalue weighted by Gasteiger charge is 2.16. The lowest BCUT2D eigenvalue weighted by molar-refractivity contribution is 0.0268. The summed E-state index contributed by atoms with van der Waals surface area (Å²) in [5.41, 5.74) is -0.269.